The van der Waals surface area contributed by atoms with Gasteiger partial charge in [0.05, 0.1) is 0 Å². The lowest BCUT2D eigenvalue weighted by Gasteiger charge is -2.23. The van der Waals surface area contributed by atoms with E-state index in [1.165, 1.54) is 29.2 Å². The first-order valence-corrected chi connectivity index (χ1v) is 19.7. The van der Waals surface area contributed by atoms with Crippen LogP contribution in [0.5, 0.6) is 17.2 Å². The van der Waals surface area contributed by atoms with Crippen molar-refractivity contribution in [3.05, 3.63) is 83.4 Å². The molecule has 6 heteroatoms. The van der Waals surface area contributed by atoms with Crippen LogP contribution in [0.25, 0.3) is 0 Å². The van der Waals surface area contributed by atoms with Gasteiger partial charge >= 0.3 is 8.56 Å². The number of benzene rings is 3. The first-order valence-electron chi connectivity index (χ1n) is 17.3. The van der Waals surface area contributed by atoms with E-state index in [0.717, 1.165) is 17.7 Å². The van der Waals surface area contributed by atoms with Crippen molar-refractivity contribution in [3.8, 4) is 17.2 Å². The van der Waals surface area contributed by atoms with Gasteiger partial charge in [-0.2, -0.15) is 0 Å². The van der Waals surface area contributed by atoms with Gasteiger partial charge in [-0.15, -0.1) is 0 Å². The van der Waals surface area contributed by atoms with Crippen LogP contribution in [0.15, 0.2) is 66.7 Å². The van der Waals surface area contributed by atoms with E-state index in [9.17, 15) is 5.11 Å². The topological polar surface area (TPSA) is 57.2 Å². The Balaban J connectivity index is 0.000000353. The van der Waals surface area contributed by atoms with Gasteiger partial charge in [-0.05, 0) is 131 Å². The number of hydrogen-bond donors (Lipinski definition) is 1. The normalized spacial score (nSPS) is 13.7. The zero-order chi connectivity index (χ0) is 36.0. The third-order valence-electron chi connectivity index (χ3n) is 8.46. The summed E-state index contributed by atoms with van der Waals surface area (Å²) in [6, 6.07) is 22.8. The second kappa shape index (κ2) is 19.3. The van der Waals surface area contributed by atoms with E-state index >= 15 is 0 Å². The largest absolute Gasteiger partial charge is 0.504 e. The Morgan fingerprint density at radius 1 is 0.596 bits per heavy atom. The maximum atomic E-state index is 9.87. The first-order chi connectivity index (χ1) is 21.8. The van der Waals surface area contributed by atoms with Crippen LogP contribution in [0.2, 0.25) is 6.55 Å². The molecule has 0 amide bonds. The Labute approximate surface area is 289 Å². The van der Waals surface area contributed by atoms with Gasteiger partial charge in [0.15, 0.2) is 11.5 Å². The molecular weight excluding hydrogens is 601 g/mol. The van der Waals surface area contributed by atoms with Crippen molar-refractivity contribution in [1.29, 1.82) is 0 Å². The van der Waals surface area contributed by atoms with Gasteiger partial charge in [0.2, 0.25) is 0 Å². The number of ether oxygens (including phenoxy) is 2. The molecule has 5 nitrogen and oxygen atoms in total. The van der Waals surface area contributed by atoms with E-state index in [2.05, 4.69) is 117 Å². The lowest BCUT2D eigenvalue weighted by molar-refractivity contribution is 0.126. The lowest BCUT2D eigenvalue weighted by Crippen LogP contribution is -2.49. The molecule has 0 fully saturated rings. The Morgan fingerprint density at radius 3 is 1.34 bits per heavy atom. The molecule has 0 aliphatic carbocycles. The van der Waals surface area contributed by atoms with Gasteiger partial charge < -0.3 is 23.4 Å². The van der Waals surface area contributed by atoms with Crippen LogP contribution in [0.4, 0.5) is 0 Å². The van der Waals surface area contributed by atoms with Crippen molar-refractivity contribution in [2.24, 2.45) is 0 Å². The third kappa shape index (κ3) is 14.9. The van der Waals surface area contributed by atoms with Crippen LogP contribution in [0, 0.1) is 0 Å². The van der Waals surface area contributed by atoms with E-state index in [4.69, 9.17) is 18.3 Å². The summed E-state index contributed by atoms with van der Waals surface area (Å²) >= 11 is 0. The quantitative estimate of drug-likeness (QED) is 0.206. The average molecular weight is 667 g/mol. The summed E-state index contributed by atoms with van der Waals surface area (Å²) in [5, 5.41) is 11.1. The second-order valence-electron chi connectivity index (χ2n) is 14.6. The summed E-state index contributed by atoms with van der Waals surface area (Å²) in [5.74, 6) is 3.46. The zero-order valence-electron chi connectivity index (χ0n) is 32.3. The summed E-state index contributed by atoms with van der Waals surface area (Å²) in [4.78, 5) is 0. The fourth-order valence-corrected chi connectivity index (χ4v) is 6.03. The third-order valence-corrected chi connectivity index (χ3v) is 11.4. The summed E-state index contributed by atoms with van der Waals surface area (Å²) in [5.41, 5.74) is 3.53. The molecule has 3 aromatic carbocycles. The highest BCUT2D eigenvalue weighted by Crippen LogP contribution is 2.33. The molecule has 0 aliphatic heterocycles. The molecule has 3 atom stereocenters. The van der Waals surface area contributed by atoms with Gasteiger partial charge in [0.25, 0.3) is 0 Å². The molecule has 264 valence electrons. The molecular formula is C41H66O5Si. The second-order valence-corrected chi connectivity index (χ2v) is 17.9. The highest BCUT2D eigenvalue weighted by molar-refractivity contribution is 6.79. The molecule has 0 radical (unpaired) electrons. The van der Waals surface area contributed by atoms with Crippen molar-refractivity contribution >= 4 is 13.7 Å². The van der Waals surface area contributed by atoms with E-state index in [-0.39, 0.29) is 17.0 Å². The number of phenols is 1. The number of phenolic OH excluding ortho intramolecular Hbond substituents is 1. The Morgan fingerprint density at radius 2 is 0.979 bits per heavy atom. The predicted octanol–water partition coefficient (Wildman–Crippen LogP) is 11.2. The standard InChI is InChI=1S/C14H22O2.C14H22O.C13H22O2Si/c1-6-10(2)11-7-8-13(12(15)9-11)16-14(3,4)5;1-6-11(2)12-7-9-13(10-8-12)15-14(3,4)5;1-6-11(2)12-7-9-13(10-8-12)16(5,14-3)15-4/h7-10,15H,6H2,1-5H3;7-11H,6H2,1-5H3;7-11H,6H2,1-5H3. The lowest BCUT2D eigenvalue weighted by atomic mass is 9.98. The molecule has 0 saturated heterocycles. The predicted molar refractivity (Wildman–Crippen MR) is 203 cm³/mol. The highest BCUT2D eigenvalue weighted by atomic mass is 28.4. The van der Waals surface area contributed by atoms with E-state index in [1.807, 2.05) is 32.9 Å². The molecule has 47 heavy (non-hydrogen) atoms. The SMILES string of the molecule is CCC(C)c1ccc(OC(C)(C)C)c(O)c1.CCC(C)c1ccc(OC(C)(C)C)cc1.CCC(C)c1ccc([Si](C)(OC)OC)cc1. The van der Waals surface area contributed by atoms with Crippen molar-refractivity contribution in [1.82, 2.24) is 0 Å². The first kappa shape index (κ1) is 42.2. The van der Waals surface area contributed by atoms with Crippen molar-refractivity contribution in [3.63, 3.8) is 0 Å². The van der Waals surface area contributed by atoms with Gasteiger partial charge in [0.1, 0.15) is 17.0 Å². The number of hydrogen-bond acceptors (Lipinski definition) is 5. The molecule has 0 spiro atoms. The van der Waals surface area contributed by atoms with Gasteiger partial charge in [-0.25, -0.2) is 0 Å². The van der Waals surface area contributed by atoms with E-state index in [0.29, 0.717) is 23.5 Å². The zero-order valence-corrected chi connectivity index (χ0v) is 33.3. The smallest absolute Gasteiger partial charge is 0.368 e. The maximum absolute atomic E-state index is 9.87. The molecule has 3 unspecified atom stereocenters. The summed E-state index contributed by atoms with van der Waals surface area (Å²) in [7, 11) is 1.30. The van der Waals surface area contributed by atoms with Crippen LogP contribution in [-0.4, -0.2) is 39.1 Å². The Hall–Kier alpha value is -2.80. The molecule has 0 saturated carbocycles. The molecule has 3 rings (SSSR count). The monoisotopic (exact) mass is 666 g/mol. The summed E-state index contributed by atoms with van der Waals surface area (Å²) in [6.07, 6.45) is 3.42. The molecule has 0 aliphatic rings. The fraction of sp³-hybridized carbons (Fsp3) is 0.561. The van der Waals surface area contributed by atoms with Crippen LogP contribution in [-0.2, 0) is 8.85 Å². The van der Waals surface area contributed by atoms with Crippen LogP contribution >= 0.6 is 0 Å². The minimum absolute atomic E-state index is 0.113. The van der Waals surface area contributed by atoms with Crippen molar-refractivity contribution in [2.45, 2.75) is 138 Å². The fourth-order valence-electron chi connectivity index (χ4n) is 4.62. The van der Waals surface area contributed by atoms with E-state index in [1.54, 1.807) is 20.3 Å². The number of aromatic hydroxyl groups is 1. The Kier molecular flexibility index (Phi) is 17.3. The Bertz CT molecular complexity index is 1290. The van der Waals surface area contributed by atoms with Crippen LogP contribution < -0.4 is 14.7 Å². The minimum atomic E-state index is -2.14. The van der Waals surface area contributed by atoms with Crippen LogP contribution in [0.1, 0.15) is 137 Å². The maximum Gasteiger partial charge on any atom is 0.368 e. The van der Waals surface area contributed by atoms with Gasteiger partial charge in [-0.1, -0.05) is 84.0 Å². The average Bonchev–Trinajstić information content (AvgIpc) is 3.03. The van der Waals surface area contributed by atoms with Gasteiger partial charge in [0, 0.05) is 14.2 Å². The molecule has 0 aromatic heterocycles. The molecule has 0 bridgehead atoms. The molecule has 1 N–H and O–H groups in total. The highest BCUT2D eigenvalue weighted by Gasteiger charge is 2.31. The van der Waals surface area contributed by atoms with E-state index < -0.39 is 8.56 Å². The van der Waals surface area contributed by atoms with Crippen molar-refractivity contribution in [2.75, 3.05) is 14.2 Å². The summed E-state index contributed by atoms with van der Waals surface area (Å²) < 4.78 is 22.5. The summed E-state index contributed by atoms with van der Waals surface area (Å²) in [6.45, 7) is 27.4. The number of rotatable bonds is 11. The van der Waals surface area contributed by atoms with Crippen LogP contribution in [0.3, 0.4) is 0 Å². The minimum Gasteiger partial charge on any atom is -0.504 e. The molecule has 0 heterocycles. The molecule has 3 aromatic rings. The van der Waals surface area contributed by atoms with Crippen molar-refractivity contribution < 1.29 is 23.4 Å². The van der Waals surface area contributed by atoms with Gasteiger partial charge in [-0.3, -0.25) is 0 Å².